The van der Waals surface area contributed by atoms with Gasteiger partial charge in [0.2, 0.25) is 0 Å². The number of aryl methyl sites for hydroxylation is 2. The highest BCUT2D eigenvalue weighted by Gasteiger charge is 2.19. The van der Waals surface area contributed by atoms with Crippen LogP contribution in [0.25, 0.3) is 11.0 Å². The first-order valence-corrected chi connectivity index (χ1v) is 8.43. The van der Waals surface area contributed by atoms with E-state index in [2.05, 4.69) is 32.2 Å². The second kappa shape index (κ2) is 6.52. The van der Waals surface area contributed by atoms with E-state index in [9.17, 15) is 4.79 Å². The molecule has 0 bridgehead atoms. The molecule has 0 spiro atoms. The van der Waals surface area contributed by atoms with E-state index in [1.54, 1.807) is 0 Å². The van der Waals surface area contributed by atoms with Gasteiger partial charge in [-0.15, -0.1) is 0 Å². The molecule has 1 aromatic heterocycles. The molecule has 2 aromatic carbocycles. The molecule has 0 fully saturated rings. The summed E-state index contributed by atoms with van der Waals surface area (Å²) in [6, 6.07) is 14.0. The highest BCUT2D eigenvalue weighted by Crippen LogP contribution is 2.29. The van der Waals surface area contributed by atoms with Crippen molar-refractivity contribution in [2.45, 2.75) is 40.0 Å². The van der Waals surface area contributed by atoms with Gasteiger partial charge in [-0.25, -0.2) is 0 Å². The third kappa shape index (κ3) is 2.94. The molecule has 124 valence electrons. The van der Waals surface area contributed by atoms with Gasteiger partial charge in [-0.3, -0.25) is 4.79 Å². The van der Waals surface area contributed by atoms with Crippen LogP contribution in [-0.4, -0.2) is 5.91 Å². The Bertz CT molecular complexity index is 890. The van der Waals surface area contributed by atoms with E-state index in [-0.39, 0.29) is 5.91 Å². The van der Waals surface area contributed by atoms with Crippen LogP contribution in [0.3, 0.4) is 0 Å². The van der Waals surface area contributed by atoms with Crippen molar-refractivity contribution in [2.75, 3.05) is 5.32 Å². The van der Waals surface area contributed by atoms with Crippen LogP contribution in [0.5, 0.6) is 0 Å². The van der Waals surface area contributed by atoms with Gasteiger partial charge in [0.1, 0.15) is 5.58 Å². The zero-order chi connectivity index (χ0) is 17.3. The summed E-state index contributed by atoms with van der Waals surface area (Å²) in [4.78, 5) is 12.7. The standard InChI is InChI=1S/C21H23NO2/c1-5-15-10-11-19-17(12-15)14(4)20(24-19)21(23)22-18-9-7-6-8-16(18)13(2)3/h6-13H,5H2,1-4H3,(H,22,23). The topological polar surface area (TPSA) is 42.2 Å². The maximum Gasteiger partial charge on any atom is 0.291 e. The van der Waals surface area contributed by atoms with Gasteiger partial charge in [0.25, 0.3) is 5.91 Å². The minimum Gasteiger partial charge on any atom is -0.451 e. The van der Waals surface area contributed by atoms with E-state index >= 15 is 0 Å². The third-order valence-corrected chi connectivity index (χ3v) is 4.45. The number of hydrogen-bond donors (Lipinski definition) is 1. The smallest absolute Gasteiger partial charge is 0.291 e. The van der Waals surface area contributed by atoms with Crippen LogP contribution >= 0.6 is 0 Å². The van der Waals surface area contributed by atoms with Crippen LogP contribution in [0, 0.1) is 6.92 Å². The highest BCUT2D eigenvalue weighted by molar-refractivity contribution is 6.06. The van der Waals surface area contributed by atoms with Crippen molar-refractivity contribution >= 4 is 22.6 Å². The molecule has 0 saturated carbocycles. The highest BCUT2D eigenvalue weighted by atomic mass is 16.3. The molecule has 1 heterocycles. The molecule has 3 nitrogen and oxygen atoms in total. The fourth-order valence-electron chi connectivity index (χ4n) is 3.00. The Labute approximate surface area is 142 Å². The van der Waals surface area contributed by atoms with Gasteiger partial charge in [-0.2, -0.15) is 0 Å². The van der Waals surface area contributed by atoms with Gasteiger partial charge >= 0.3 is 0 Å². The second-order valence-electron chi connectivity index (χ2n) is 6.44. The predicted molar refractivity (Wildman–Crippen MR) is 98.8 cm³/mol. The van der Waals surface area contributed by atoms with E-state index in [1.165, 1.54) is 5.56 Å². The Morgan fingerprint density at radius 3 is 2.62 bits per heavy atom. The predicted octanol–water partition coefficient (Wildman–Crippen LogP) is 5.68. The molecule has 1 N–H and O–H groups in total. The summed E-state index contributed by atoms with van der Waals surface area (Å²) >= 11 is 0. The largest absolute Gasteiger partial charge is 0.451 e. The quantitative estimate of drug-likeness (QED) is 0.671. The molecule has 1 amide bonds. The number of fused-ring (bicyclic) bond motifs is 1. The lowest BCUT2D eigenvalue weighted by Crippen LogP contribution is -2.13. The lowest BCUT2D eigenvalue weighted by atomic mass is 10.0. The summed E-state index contributed by atoms with van der Waals surface area (Å²) in [7, 11) is 0. The minimum atomic E-state index is -0.199. The van der Waals surface area contributed by atoms with Crippen LogP contribution in [-0.2, 0) is 6.42 Å². The SMILES string of the molecule is CCc1ccc2oc(C(=O)Nc3ccccc3C(C)C)c(C)c2c1. The van der Waals surface area contributed by atoms with E-state index in [0.717, 1.165) is 34.2 Å². The maximum atomic E-state index is 12.7. The van der Waals surface area contributed by atoms with Crippen LogP contribution < -0.4 is 5.32 Å². The number of nitrogens with one attached hydrogen (secondary N) is 1. The molecule has 0 unspecified atom stereocenters. The number of para-hydroxylation sites is 1. The lowest BCUT2D eigenvalue weighted by molar-refractivity contribution is 0.0998. The lowest BCUT2D eigenvalue weighted by Gasteiger charge is -2.13. The number of hydrogen-bond acceptors (Lipinski definition) is 2. The summed E-state index contributed by atoms with van der Waals surface area (Å²) in [5, 5.41) is 4.02. The van der Waals surface area contributed by atoms with Crippen molar-refractivity contribution < 1.29 is 9.21 Å². The van der Waals surface area contributed by atoms with Crippen LogP contribution in [0.4, 0.5) is 5.69 Å². The van der Waals surface area contributed by atoms with Gasteiger partial charge in [-0.05, 0) is 48.6 Å². The van der Waals surface area contributed by atoms with Gasteiger partial charge in [0.15, 0.2) is 5.76 Å². The molecular weight excluding hydrogens is 298 g/mol. The Morgan fingerprint density at radius 1 is 1.17 bits per heavy atom. The molecule has 3 aromatic rings. The van der Waals surface area contributed by atoms with Crippen LogP contribution in [0.2, 0.25) is 0 Å². The summed E-state index contributed by atoms with van der Waals surface area (Å²) < 4.78 is 5.82. The van der Waals surface area contributed by atoms with Gasteiger partial charge in [0.05, 0.1) is 0 Å². The zero-order valence-corrected chi connectivity index (χ0v) is 14.6. The van der Waals surface area contributed by atoms with Gasteiger partial charge in [0, 0.05) is 16.6 Å². The maximum absolute atomic E-state index is 12.7. The first-order valence-electron chi connectivity index (χ1n) is 8.43. The first kappa shape index (κ1) is 16.3. The van der Waals surface area contributed by atoms with Crippen molar-refractivity contribution in [2.24, 2.45) is 0 Å². The van der Waals surface area contributed by atoms with Gasteiger partial charge < -0.3 is 9.73 Å². The Kier molecular flexibility index (Phi) is 4.43. The molecule has 24 heavy (non-hydrogen) atoms. The van der Waals surface area contributed by atoms with E-state index in [4.69, 9.17) is 4.42 Å². The molecule has 0 radical (unpaired) electrons. The summed E-state index contributed by atoms with van der Waals surface area (Å²) in [5.41, 5.74) is 4.84. The average molecular weight is 321 g/mol. The van der Waals surface area contributed by atoms with Crippen molar-refractivity contribution in [3.05, 3.63) is 64.9 Å². The third-order valence-electron chi connectivity index (χ3n) is 4.45. The molecule has 0 atom stereocenters. The Morgan fingerprint density at radius 2 is 1.92 bits per heavy atom. The van der Waals surface area contributed by atoms with E-state index in [0.29, 0.717) is 11.7 Å². The number of carbonyl (C=O) groups excluding carboxylic acids is 1. The Hall–Kier alpha value is -2.55. The van der Waals surface area contributed by atoms with Crippen LogP contribution in [0.15, 0.2) is 46.9 Å². The molecule has 0 aliphatic rings. The van der Waals surface area contributed by atoms with Crippen molar-refractivity contribution in [3.63, 3.8) is 0 Å². The van der Waals surface area contributed by atoms with Crippen molar-refractivity contribution in [1.29, 1.82) is 0 Å². The first-order chi connectivity index (χ1) is 11.5. The molecule has 0 saturated heterocycles. The molecule has 3 heteroatoms. The fourth-order valence-corrected chi connectivity index (χ4v) is 3.00. The minimum absolute atomic E-state index is 0.199. The fraction of sp³-hybridized carbons (Fsp3) is 0.286. The number of benzene rings is 2. The molecular formula is C21H23NO2. The number of amides is 1. The normalized spacial score (nSPS) is 11.2. The molecule has 0 aliphatic heterocycles. The molecule has 3 rings (SSSR count). The van der Waals surface area contributed by atoms with Gasteiger partial charge in [-0.1, -0.05) is 45.0 Å². The zero-order valence-electron chi connectivity index (χ0n) is 14.6. The average Bonchev–Trinajstić information content (AvgIpc) is 2.91. The number of anilines is 1. The number of carbonyl (C=O) groups is 1. The second-order valence-corrected chi connectivity index (χ2v) is 6.44. The van der Waals surface area contributed by atoms with E-state index < -0.39 is 0 Å². The number of rotatable bonds is 4. The van der Waals surface area contributed by atoms with Crippen molar-refractivity contribution in [1.82, 2.24) is 0 Å². The van der Waals surface area contributed by atoms with E-state index in [1.807, 2.05) is 43.3 Å². The molecule has 0 aliphatic carbocycles. The number of furan rings is 1. The summed E-state index contributed by atoms with van der Waals surface area (Å²) in [5.74, 6) is 0.525. The Balaban J connectivity index is 1.96. The monoisotopic (exact) mass is 321 g/mol. The summed E-state index contributed by atoms with van der Waals surface area (Å²) in [6.45, 7) is 8.29. The van der Waals surface area contributed by atoms with Crippen molar-refractivity contribution in [3.8, 4) is 0 Å². The van der Waals surface area contributed by atoms with Crippen LogP contribution in [0.1, 0.15) is 53.9 Å². The summed E-state index contributed by atoms with van der Waals surface area (Å²) in [6.07, 6.45) is 0.962.